The Morgan fingerprint density at radius 3 is 2.38 bits per heavy atom. The van der Waals surface area contributed by atoms with Crippen LogP contribution < -0.4 is 5.32 Å². The maximum absolute atomic E-state index is 12.6. The minimum atomic E-state index is -4.51. The summed E-state index contributed by atoms with van der Waals surface area (Å²) in [4.78, 5) is 12.0. The summed E-state index contributed by atoms with van der Waals surface area (Å²) in [5.41, 5.74) is -0.792. The molecule has 0 heterocycles. The minimum Gasteiger partial charge on any atom is -0.321 e. The van der Waals surface area contributed by atoms with Crippen LogP contribution in [0.1, 0.15) is 15.9 Å². The van der Waals surface area contributed by atoms with Crippen LogP contribution in [0.25, 0.3) is 0 Å². The molecule has 2 nitrogen and oxygen atoms in total. The Morgan fingerprint density at radius 2 is 1.71 bits per heavy atom. The summed E-state index contributed by atoms with van der Waals surface area (Å²) in [6.45, 7) is 0. The maximum Gasteiger partial charge on any atom is 0.416 e. The average molecular weight is 334 g/mol. The van der Waals surface area contributed by atoms with Crippen molar-refractivity contribution in [1.29, 1.82) is 0 Å². The predicted molar refractivity (Wildman–Crippen MR) is 75.9 cm³/mol. The van der Waals surface area contributed by atoms with E-state index in [0.29, 0.717) is 0 Å². The van der Waals surface area contributed by atoms with Crippen molar-refractivity contribution in [3.63, 3.8) is 0 Å². The number of hydrogen-bond acceptors (Lipinski definition) is 1. The van der Waals surface area contributed by atoms with Crippen molar-refractivity contribution < 1.29 is 18.0 Å². The molecule has 2 aromatic rings. The number of carbonyl (C=O) groups excluding carboxylic acids is 1. The Hall–Kier alpha value is -1.72. The summed E-state index contributed by atoms with van der Waals surface area (Å²) in [7, 11) is 0. The van der Waals surface area contributed by atoms with Crippen LogP contribution in [0, 0.1) is 0 Å². The lowest BCUT2D eigenvalue weighted by Gasteiger charge is -2.10. The van der Waals surface area contributed by atoms with Crippen molar-refractivity contribution in [2.45, 2.75) is 6.18 Å². The zero-order valence-corrected chi connectivity index (χ0v) is 11.9. The first kappa shape index (κ1) is 15.7. The van der Waals surface area contributed by atoms with E-state index in [1.165, 1.54) is 18.2 Å². The molecule has 0 atom stereocenters. The highest BCUT2D eigenvalue weighted by Crippen LogP contribution is 2.31. The predicted octanol–water partition coefficient (Wildman–Crippen LogP) is 5.26. The molecule has 0 aromatic heterocycles. The molecule has 0 radical (unpaired) electrons. The van der Waals surface area contributed by atoms with Gasteiger partial charge in [-0.1, -0.05) is 35.3 Å². The van der Waals surface area contributed by atoms with Crippen LogP contribution in [-0.2, 0) is 6.18 Å². The molecule has 0 bridgehead atoms. The topological polar surface area (TPSA) is 29.1 Å². The summed E-state index contributed by atoms with van der Waals surface area (Å²) < 4.78 is 37.8. The van der Waals surface area contributed by atoms with Gasteiger partial charge in [-0.3, -0.25) is 4.79 Å². The van der Waals surface area contributed by atoms with E-state index in [9.17, 15) is 18.0 Å². The first-order chi connectivity index (χ1) is 9.79. The molecule has 0 aliphatic carbocycles. The molecule has 0 unspecified atom stereocenters. The van der Waals surface area contributed by atoms with Crippen LogP contribution in [-0.4, -0.2) is 5.91 Å². The number of amides is 1. The van der Waals surface area contributed by atoms with Crippen LogP contribution in [0.15, 0.2) is 42.5 Å². The van der Waals surface area contributed by atoms with Crippen LogP contribution in [0.3, 0.4) is 0 Å². The Labute approximate surface area is 128 Å². The molecule has 0 saturated carbocycles. The van der Waals surface area contributed by atoms with Gasteiger partial charge in [-0.05, 0) is 30.3 Å². The third-order valence-corrected chi connectivity index (χ3v) is 3.47. The van der Waals surface area contributed by atoms with Gasteiger partial charge in [0.1, 0.15) is 0 Å². The number of halogens is 5. The van der Waals surface area contributed by atoms with Gasteiger partial charge in [0.05, 0.1) is 21.3 Å². The fourth-order valence-corrected chi connectivity index (χ4v) is 1.98. The number of benzene rings is 2. The van der Waals surface area contributed by atoms with Gasteiger partial charge in [0.15, 0.2) is 0 Å². The van der Waals surface area contributed by atoms with Gasteiger partial charge in [0.2, 0.25) is 0 Å². The Balaban J connectivity index is 2.27. The number of carbonyl (C=O) groups is 1. The molecule has 7 heteroatoms. The lowest BCUT2D eigenvalue weighted by atomic mass is 10.1. The van der Waals surface area contributed by atoms with Gasteiger partial charge in [-0.15, -0.1) is 0 Å². The standard InChI is InChI=1S/C14H8Cl2F3NO/c15-10-5-2-6-11(12(10)16)20-13(21)8-3-1-4-9(7-8)14(17,18)19/h1-7H,(H,20,21). The van der Waals surface area contributed by atoms with Crippen LogP contribution in [0.4, 0.5) is 18.9 Å². The average Bonchev–Trinajstić information content (AvgIpc) is 2.43. The molecule has 110 valence electrons. The molecule has 0 aliphatic heterocycles. The fraction of sp³-hybridized carbons (Fsp3) is 0.0714. The van der Waals surface area contributed by atoms with Gasteiger partial charge < -0.3 is 5.32 Å². The van der Waals surface area contributed by atoms with Crippen molar-refractivity contribution >= 4 is 34.8 Å². The number of nitrogens with one attached hydrogen (secondary N) is 1. The van der Waals surface area contributed by atoms with Gasteiger partial charge in [-0.2, -0.15) is 13.2 Å². The third kappa shape index (κ3) is 3.68. The summed E-state index contributed by atoms with van der Waals surface area (Å²) in [5.74, 6) is -0.703. The van der Waals surface area contributed by atoms with E-state index in [2.05, 4.69) is 5.32 Å². The molecule has 2 aromatic carbocycles. The molecular formula is C14H8Cl2F3NO. The Kier molecular flexibility index (Phi) is 4.44. The second kappa shape index (κ2) is 5.95. The zero-order chi connectivity index (χ0) is 15.6. The van der Waals surface area contributed by atoms with E-state index in [4.69, 9.17) is 23.2 Å². The molecule has 0 aliphatic rings. The summed E-state index contributed by atoms with van der Waals surface area (Å²) in [5, 5.41) is 2.78. The number of anilines is 1. The summed E-state index contributed by atoms with van der Waals surface area (Å²) >= 11 is 11.7. The molecule has 0 spiro atoms. The fourth-order valence-electron chi connectivity index (χ4n) is 1.63. The molecule has 1 N–H and O–H groups in total. The van der Waals surface area contributed by atoms with E-state index >= 15 is 0 Å². The SMILES string of the molecule is O=C(Nc1cccc(Cl)c1Cl)c1cccc(C(F)(F)F)c1. The third-order valence-electron chi connectivity index (χ3n) is 2.65. The normalized spacial score (nSPS) is 11.3. The van der Waals surface area contributed by atoms with Crippen molar-refractivity contribution in [2.75, 3.05) is 5.32 Å². The van der Waals surface area contributed by atoms with E-state index in [1.54, 1.807) is 6.07 Å². The summed E-state index contributed by atoms with van der Waals surface area (Å²) in [6.07, 6.45) is -4.51. The molecule has 2 rings (SSSR count). The highest BCUT2D eigenvalue weighted by atomic mass is 35.5. The van der Waals surface area contributed by atoms with Gasteiger partial charge in [-0.25, -0.2) is 0 Å². The van der Waals surface area contributed by atoms with Crippen molar-refractivity contribution in [3.05, 3.63) is 63.6 Å². The van der Waals surface area contributed by atoms with E-state index in [-0.39, 0.29) is 21.3 Å². The van der Waals surface area contributed by atoms with Gasteiger partial charge in [0.25, 0.3) is 5.91 Å². The highest BCUT2D eigenvalue weighted by Gasteiger charge is 2.30. The van der Waals surface area contributed by atoms with Crippen LogP contribution >= 0.6 is 23.2 Å². The Bertz CT molecular complexity index is 686. The minimum absolute atomic E-state index is 0.124. The number of hydrogen-bond donors (Lipinski definition) is 1. The molecule has 0 fully saturated rings. The van der Waals surface area contributed by atoms with Gasteiger partial charge in [0, 0.05) is 5.56 Å². The molecule has 1 amide bonds. The van der Waals surface area contributed by atoms with E-state index in [1.807, 2.05) is 0 Å². The van der Waals surface area contributed by atoms with Crippen LogP contribution in [0.2, 0.25) is 10.0 Å². The largest absolute Gasteiger partial charge is 0.416 e. The van der Waals surface area contributed by atoms with E-state index in [0.717, 1.165) is 18.2 Å². The van der Waals surface area contributed by atoms with E-state index < -0.39 is 17.6 Å². The Morgan fingerprint density at radius 1 is 1.05 bits per heavy atom. The lowest BCUT2D eigenvalue weighted by molar-refractivity contribution is -0.137. The first-order valence-electron chi connectivity index (χ1n) is 5.71. The van der Waals surface area contributed by atoms with Crippen molar-refractivity contribution in [2.24, 2.45) is 0 Å². The number of rotatable bonds is 2. The smallest absolute Gasteiger partial charge is 0.321 e. The monoisotopic (exact) mass is 333 g/mol. The highest BCUT2D eigenvalue weighted by molar-refractivity contribution is 6.44. The second-order valence-corrected chi connectivity index (χ2v) is 4.92. The quantitative estimate of drug-likeness (QED) is 0.797. The lowest BCUT2D eigenvalue weighted by Crippen LogP contribution is -2.14. The maximum atomic E-state index is 12.6. The molecular weight excluding hydrogens is 326 g/mol. The van der Waals surface area contributed by atoms with Crippen LogP contribution in [0.5, 0.6) is 0 Å². The molecule has 0 saturated heterocycles. The second-order valence-electron chi connectivity index (χ2n) is 4.13. The molecule has 21 heavy (non-hydrogen) atoms. The van der Waals surface area contributed by atoms with Crippen molar-refractivity contribution in [3.8, 4) is 0 Å². The number of alkyl halides is 3. The van der Waals surface area contributed by atoms with Crippen molar-refractivity contribution in [1.82, 2.24) is 0 Å². The zero-order valence-electron chi connectivity index (χ0n) is 10.3. The summed E-state index contributed by atoms with van der Waals surface area (Å²) in [6, 6.07) is 8.71. The van der Waals surface area contributed by atoms with Gasteiger partial charge >= 0.3 is 6.18 Å². The first-order valence-corrected chi connectivity index (χ1v) is 6.47.